The Labute approximate surface area is 56.7 Å². The first-order valence-corrected chi connectivity index (χ1v) is 3.35. The minimum atomic E-state index is 0.595. The van der Waals surface area contributed by atoms with E-state index in [-0.39, 0.29) is 0 Å². The molecule has 0 bridgehead atoms. The van der Waals surface area contributed by atoms with Crippen LogP contribution in [0.4, 0.5) is 5.69 Å². The predicted octanol–water partition coefficient (Wildman–Crippen LogP) is 0.821. The van der Waals surface area contributed by atoms with E-state index in [1.807, 2.05) is 16.8 Å². The highest BCUT2D eigenvalue weighted by Gasteiger charge is 1.85. The molecule has 2 N–H and O–H groups in total. The summed E-state index contributed by atoms with van der Waals surface area (Å²) in [6, 6.07) is 1.88. The molecule has 1 amide bonds. The SMILES string of the molecule is O=CNNc1ccsc1. The molecule has 48 valence electrons. The van der Waals surface area contributed by atoms with Crippen molar-refractivity contribution in [3.63, 3.8) is 0 Å². The van der Waals surface area contributed by atoms with Crippen molar-refractivity contribution >= 4 is 23.4 Å². The second-order valence-electron chi connectivity index (χ2n) is 1.40. The van der Waals surface area contributed by atoms with Gasteiger partial charge in [-0.25, -0.2) is 0 Å². The number of carbonyl (C=O) groups is 1. The van der Waals surface area contributed by atoms with E-state index >= 15 is 0 Å². The van der Waals surface area contributed by atoms with Gasteiger partial charge in [0.05, 0.1) is 5.69 Å². The van der Waals surface area contributed by atoms with E-state index in [4.69, 9.17) is 0 Å². The minimum absolute atomic E-state index is 0.595. The minimum Gasteiger partial charge on any atom is -0.298 e. The Bertz CT molecular complexity index is 173. The zero-order valence-electron chi connectivity index (χ0n) is 4.63. The average Bonchev–Trinajstić information content (AvgIpc) is 2.34. The zero-order chi connectivity index (χ0) is 6.53. The zero-order valence-corrected chi connectivity index (χ0v) is 5.44. The second kappa shape index (κ2) is 3.09. The van der Waals surface area contributed by atoms with Gasteiger partial charge in [-0.05, 0) is 11.4 Å². The summed E-state index contributed by atoms with van der Waals surface area (Å²) in [4.78, 5) is 9.73. The molecule has 0 radical (unpaired) electrons. The van der Waals surface area contributed by atoms with E-state index in [9.17, 15) is 4.79 Å². The van der Waals surface area contributed by atoms with Crippen LogP contribution in [0.2, 0.25) is 0 Å². The Hall–Kier alpha value is -1.03. The van der Waals surface area contributed by atoms with Crippen molar-refractivity contribution in [1.29, 1.82) is 0 Å². The molecule has 1 heterocycles. The number of anilines is 1. The quantitative estimate of drug-likeness (QED) is 0.484. The Morgan fingerprint density at radius 3 is 3.11 bits per heavy atom. The number of carbonyl (C=O) groups excluding carboxylic acids is 1. The van der Waals surface area contributed by atoms with Crippen LogP contribution in [0, 0.1) is 0 Å². The molecule has 0 unspecified atom stereocenters. The lowest BCUT2D eigenvalue weighted by molar-refractivity contribution is -0.109. The summed E-state index contributed by atoms with van der Waals surface area (Å²) in [5.74, 6) is 0. The van der Waals surface area contributed by atoms with E-state index < -0.39 is 0 Å². The second-order valence-corrected chi connectivity index (χ2v) is 2.18. The van der Waals surface area contributed by atoms with Gasteiger partial charge < -0.3 is 0 Å². The van der Waals surface area contributed by atoms with Gasteiger partial charge in [-0.3, -0.25) is 15.6 Å². The maximum absolute atomic E-state index is 9.73. The molecule has 0 spiro atoms. The standard InChI is InChI=1S/C5H6N2OS/c8-4-6-7-5-1-2-9-3-5/h1-4,7H,(H,6,8). The third kappa shape index (κ3) is 1.73. The topological polar surface area (TPSA) is 41.1 Å². The van der Waals surface area contributed by atoms with E-state index in [1.165, 1.54) is 0 Å². The van der Waals surface area contributed by atoms with Crippen LogP contribution in [-0.2, 0) is 4.79 Å². The van der Waals surface area contributed by atoms with Gasteiger partial charge in [0.1, 0.15) is 0 Å². The van der Waals surface area contributed by atoms with Crippen molar-refractivity contribution < 1.29 is 4.79 Å². The number of amides is 1. The Morgan fingerprint density at radius 1 is 1.67 bits per heavy atom. The van der Waals surface area contributed by atoms with Gasteiger partial charge in [-0.15, -0.1) is 0 Å². The van der Waals surface area contributed by atoms with Gasteiger partial charge in [0.15, 0.2) is 0 Å². The molecule has 1 aromatic heterocycles. The summed E-state index contributed by atoms with van der Waals surface area (Å²) in [7, 11) is 0. The molecule has 1 aromatic rings. The van der Waals surface area contributed by atoms with Crippen molar-refractivity contribution in [1.82, 2.24) is 5.43 Å². The lowest BCUT2D eigenvalue weighted by Gasteiger charge is -1.96. The van der Waals surface area contributed by atoms with E-state index in [2.05, 4.69) is 10.9 Å². The van der Waals surface area contributed by atoms with Crippen molar-refractivity contribution in [3.8, 4) is 0 Å². The number of thiophene rings is 1. The maximum Gasteiger partial charge on any atom is 0.225 e. The summed E-state index contributed by atoms with van der Waals surface area (Å²) < 4.78 is 0. The summed E-state index contributed by atoms with van der Waals surface area (Å²) in [5.41, 5.74) is 5.90. The van der Waals surface area contributed by atoms with Crippen LogP contribution in [0.1, 0.15) is 0 Å². The highest BCUT2D eigenvalue weighted by atomic mass is 32.1. The summed E-state index contributed by atoms with van der Waals surface area (Å²) in [6.45, 7) is 0. The van der Waals surface area contributed by atoms with Crippen molar-refractivity contribution in [2.24, 2.45) is 0 Å². The Morgan fingerprint density at radius 2 is 2.56 bits per heavy atom. The van der Waals surface area contributed by atoms with Crippen LogP contribution in [0.25, 0.3) is 0 Å². The van der Waals surface area contributed by atoms with Crippen LogP contribution in [0.3, 0.4) is 0 Å². The van der Waals surface area contributed by atoms with Crippen LogP contribution in [0.5, 0.6) is 0 Å². The first-order valence-electron chi connectivity index (χ1n) is 2.41. The van der Waals surface area contributed by atoms with E-state index in [1.54, 1.807) is 11.3 Å². The Balaban J connectivity index is 2.38. The molecule has 1 rings (SSSR count). The van der Waals surface area contributed by atoms with Crippen LogP contribution in [0.15, 0.2) is 16.8 Å². The highest BCUT2D eigenvalue weighted by molar-refractivity contribution is 7.08. The van der Waals surface area contributed by atoms with Gasteiger partial charge in [0, 0.05) is 5.38 Å². The van der Waals surface area contributed by atoms with E-state index in [0.29, 0.717) is 6.41 Å². The molecule has 0 aliphatic heterocycles. The smallest absolute Gasteiger partial charge is 0.225 e. The third-order valence-electron chi connectivity index (χ3n) is 0.797. The fourth-order valence-corrected chi connectivity index (χ4v) is 1.04. The summed E-state index contributed by atoms with van der Waals surface area (Å²) in [5, 5.41) is 3.82. The number of hydrogen-bond acceptors (Lipinski definition) is 3. The summed E-state index contributed by atoms with van der Waals surface area (Å²) >= 11 is 1.57. The van der Waals surface area contributed by atoms with Crippen LogP contribution < -0.4 is 10.9 Å². The molecular weight excluding hydrogens is 136 g/mol. The Kier molecular flexibility index (Phi) is 2.09. The first kappa shape index (κ1) is 6.10. The van der Waals surface area contributed by atoms with Crippen molar-refractivity contribution in [2.45, 2.75) is 0 Å². The van der Waals surface area contributed by atoms with Crippen LogP contribution in [-0.4, -0.2) is 6.41 Å². The molecule has 3 nitrogen and oxygen atoms in total. The largest absolute Gasteiger partial charge is 0.298 e. The van der Waals surface area contributed by atoms with Crippen molar-refractivity contribution in [2.75, 3.05) is 5.43 Å². The molecule has 4 heteroatoms. The van der Waals surface area contributed by atoms with Gasteiger partial charge in [-0.1, -0.05) is 0 Å². The molecule has 0 fully saturated rings. The number of nitrogens with one attached hydrogen (secondary N) is 2. The average molecular weight is 142 g/mol. The number of hydrogen-bond donors (Lipinski definition) is 2. The molecular formula is C5H6N2OS. The fourth-order valence-electron chi connectivity index (χ4n) is 0.448. The molecule has 0 saturated heterocycles. The molecule has 9 heavy (non-hydrogen) atoms. The normalized spacial score (nSPS) is 8.44. The monoisotopic (exact) mass is 142 g/mol. The first-order chi connectivity index (χ1) is 4.43. The fraction of sp³-hybridized carbons (Fsp3) is 0. The lowest BCUT2D eigenvalue weighted by Crippen LogP contribution is -2.18. The van der Waals surface area contributed by atoms with Gasteiger partial charge in [0.2, 0.25) is 6.41 Å². The molecule has 0 aliphatic rings. The van der Waals surface area contributed by atoms with Gasteiger partial charge in [0.25, 0.3) is 0 Å². The molecule has 0 aliphatic carbocycles. The number of rotatable bonds is 3. The van der Waals surface area contributed by atoms with E-state index in [0.717, 1.165) is 5.69 Å². The lowest BCUT2D eigenvalue weighted by atomic mass is 10.6. The van der Waals surface area contributed by atoms with Gasteiger partial charge in [-0.2, -0.15) is 11.3 Å². The third-order valence-corrected chi connectivity index (χ3v) is 1.48. The maximum atomic E-state index is 9.73. The number of hydrazine groups is 1. The molecule has 0 aromatic carbocycles. The van der Waals surface area contributed by atoms with Gasteiger partial charge >= 0.3 is 0 Å². The van der Waals surface area contributed by atoms with Crippen LogP contribution >= 0.6 is 11.3 Å². The highest BCUT2D eigenvalue weighted by Crippen LogP contribution is 2.09. The predicted molar refractivity (Wildman–Crippen MR) is 37.1 cm³/mol. The molecule has 0 atom stereocenters. The molecule has 0 saturated carbocycles. The summed E-state index contributed by atoms with van der Waals surface area (Å²) in [6.07, 6.45) is 0.595. The van der Waals surface area contributed by atoms with Crippen molar-refractivity contribution in [3.05, 3.63) is 16.8 Å².